The summed E-state index contributed by atoms with van der Waals surface area (Å²) in [5.74, 6) is -0.938. The molecule has 120 valence electrons. The second kappa shape index (κ2) is 7.54. The third-order valence-electron chi connectivity index (χ3n) is 3.48. The zero-order valence-electron chi connectivity index (χ0n) is 13.1. The predicted octanol–water partition coefficient (Wildman–Crippen LogP) is 3.61. The lowest BCUT2D eigenvalue weighted by Crippen LogP contribution is -2.31. The van der Waals surface area contributed by atoms with E-state index in [0.717, 1.165) is 6.42 Å². The maximum Gasteiger partial charge on any atom is 0.255 e. The monoisotopic (exact) mass is 314 g/mol. The van der Waals surface area contributed by atoms with Gasteiger partial charge in [0.15, 0.2) is 0 Å². The summed E-state index contributed by atoms with van der Waals surface area (Å²) in [6, 6.07) is 12.0. The summed E-state index contributed by atoms with van der Waals surface area (Å²) in [6.45, 7) is 3.92. The van der Waals surface area contributed by atoms with Crippen LogP contribution in [0.25, 0.3) is 0 Å². The third kappa shape index (κ3) is 4.64. The summed E-state index contributed by atoms with van der Waals surface area (Å²) < 4.78 is 12.9. The fourth-order valence-corrected chi connectivity index (χ4v) is 1.95. The van der Waals surface area contributed by atoms with Crippen LogP contribution in [0.3, 0.4) is 0 Å². The van der Waals surface area contributed by atoms with E-state index in [9.17, 15) is 14.0 Å². The molecule has 0 saturated heterocycles. The smallest absolute Gasteiger partial charge is 0.255 e. The number of rotatable bonds is 5. The van der Waals surface area contributed by atoms with E-state index in [1.165, 1.54) is 24.3 Å². The van der Waals surface area contributed by atoms with Gasteiger partial charge in [0.2, 0.25) is 0 Å². The van der Waals surface area contributed by atoms with Crippen LogP contribution in [-0.2, 0) is 0 Å². The van der Waals surface area contributed by atoms with Gasteiger partial charge in [0.25, 0.3) is 11.8 Å². The average Bonchev–Trinajstić information content (AvgIpc) is 2.55. The SMILES string of the molecule is CCC(C)NC(=O)c1cccc(NC(=O)c2ccc(F)cc2)c1. The number of benzene rings is 2. The molecule has 2 N–H and O–H groups in total. The molecule has 0 aliphatic carbocycles. The number of amides is 2. The number of hydrogen-bond donors (Lipinski definition) is 2. The van der Waals surface area contributed by atoms with Crippen LogP contribution in [0.5, 0.6) is 0 Å². The Balaban J connectivity index is 2.09. The van der Waals surface area contributed by atoms with Crippen molar-refractivity contribution in [2.45, 2.75) is 26.3 Å². The molecule has 0 saturated carbocycles. The van der Waals surface area contributed by atoms with Crippen molar-refractivity contribution in [3.8, 4) is 0 Å². The maximum atomic E-state index is 12.9. The van der Waals surface area contributed by atoms with E-state index in [1.54, 1.807) is 24.3 Å². The van der Waals surface area contributed by atoms with Crippen molar-refractivity contribution in [3.05, 3.63) is 65.5 Å². The molecule has 2 aromatic carbocycles. The molecule has 2 rings (SSSR count). The largest absolute Gasteiger partial charge is 0.350 e. The van der Waals surface area contributed by atoms with Gasteiger partial charge in [-0.2, -0.15) is 0 Å². The van der Waals surface area contributed by atoms with Gasteiger partial charge >= 0.3 is 0 Å². The van der Waals surface area contributed by atoms with E-state index >= 15 is 0 Å². The molecule has 0 radical (unpaired) electrons. The van der Waals surface area contributed by atoms with Crippen molar-refractivity contribution in [1.82, 2.24) is 5.32 Å². The quantitative estimate of drug-likeness (QED) is 0.886. The van der Waals surface area contributed by atoms with Crippen LogP contribution in [0.2, 0.25) is 0 Å². The number of carbonyl (C=O) groups excluding carboxylic acids is 2. The van der Waals surface area contributed by atoms with Crippen LogP contribution in [0.1, 0.15) is 41.0 Å². The number of halogens is 1. The normalized spacial score (nSPS) is 11.6. The lowest BCUT2D eigenvalue weighted by atomic mass is 10.1. The lowest BCUT2D eigenvalue weighted by Gasteiger charge is -2.12. The Morgan fingerprint density at radius 2 is 1.74 bits per heavy atom. The van der Waals surface area contributed by atoms with Gasteiger partial charge in [-0.15, -0.1) is 0 Å². The van der Waals surface area contributed by atoms with Crippen molar-refractivity contribution in [2.75, 3.05) is 5.32 Å². The van der Waals surface area contributed by atoms with E-state index < -0.39 is 5.82 Å². The van der Waals surface area contributed by atoms with Gasteiger partial charge < -0.3 is 10.6 Å². The number of nitrogens with one attached hydrogen (secondary N) is 2. The summed E-state index contributed by atoms with van der Waals surface area (Å²) in [5.41, 5.74) is 1.33. The molecule has 5 heteroatoms. The Kier molecular flexibility index (Phi) is 5.46. The number of hydrogen-bond acceptors (Lipinski definition) is 2. The van der Waals surface area contributed by atoms with Gasteiger partial charge in [-0.1, -0.05) is 13.0 Å². The molecular weight excluding hydrogens is 295 g/mol. The zero-order chi connectivity index (χ0) is 16.8. The molecule has 0 aromatic heterocycles. The molecule has 1 unspecified atom stereocenters. The summed E-state index contributed by atoms with van der Waals surface area (Å²) >= 11 is 0. The van der Waals surface area contributed by atoms with Crippen molar-refractivity contribution in [3.63, 3.8) is 0 Å². The van der Waals surface area contributed by atoms with E-state index in [0.29, 0.717) is 16.8 Å². The van der Waals surface area contributed by atoms with Crippen molar-refractivity contribution >= 4 is 17.5 Å². The minimum atomic E-state index is -0.398. The van der Waals surface area contributed by atoms with Gasteiger partial charge in [0.05, 0.1) is 0 Å². The Bertz CT molecular complexity index is 698. The van der Waals surface area contributed by atoms with Crippen molar-refractivity contribution < 1.29 is 14.0 Å². The van der Waals surface area contributed by atoms with Crippen LogP contribution in [0.4, 0.5) is 10.1 Å². The van der Waals surface area contributed by atoms with Crippen LogP contribution < -0.4 is 10.6 Å². The van der Waals surface area contributed by atoms with E-state index in [-0.39, 0.29) is 17.9 Å². The molecule has 0 bridgehead atoms. The molecule has 1 atom stereocenters. The van der Waals surface area contributed by atoms with Gasteiger partial charge in [0.1, 0.15) is 5.82 Å². The van der Waals surface area contributed by atoms with Gasteiger partial charge in [-0.05, 0) is 55.8 Å². The zero-order valence-corrected chi connectivity index (χ0v) is 13.1. The third-order valence-corrected chi connectivity index (χ3v) is 3.48. The van der Waals surface area contributed by atoms with Crippen LogP contribution in [-0.4, -0.2) is 17.9 Å². The summed E-state index contributed by atoms with van der Waals surface area (Å²) in [5, 5.41) is 5.57. The van der Waals surface area contributed by atoms with Crippen LogP contribution in [0, 0.1) is 5.82 Å². The summed E-state index contributed by atoms with van der Waals surface area (Å²) in [6.07, 6.45) is 0.840. The molecular formula is C18H19FN2O2. The molecule has 2 amide bonds. The highest BCUT2D eigenvalue weighted by molar-refractivity contribution is 6.05. The number of anilines is 1. The fourth-order valence-electron chi connectivity index (χ4n) is 1.95. The molecule has 0 fully saturated rings. The molecule has 23 heavy (non-hydrogen) atoms. The molecule has 4 nitrogen and oxygen atoms in total. The molecule has 0 aliphatic heterocycles. The second-order valence-electron chi connectivity index (χ2n) is 5.32. The first kappa shape index (κ1) is 16.7. The van der Waals surface area contributed by atoms with E-state index in [4.69, 9.17) is 0 Å². The van der Waals surface area contributed by atoms with E-state index in [2.05, 4.69) is 10.6 Å². The highest BCUT2D eigenvalue weighted by Gasteiger charge is 2.11. The Morgan fingerprint density at radius 3 is 2.39 bits per heavy atom. The highest BCUT2D eigenvalue weighted by atomic mass is 19.1. The predicted molar refractivity (Wildman–Crippen MR) is 88.0 cm³/mol. The Hall–Kier alpha value is -2.69. The van der Waals surface area contributed by atoms with Gasteiger partial charge in [-0.3, -0.25) is 9.59 Å². The first-order valence-electron chi connectivity index (χ1n) is 7.47. The van der Waals surface area contributed by atoms with Gasteiger partial charge in [0, 0.05) is 22.9 Å². The first-order valence-corrected chi connectivity index (χ1v) is 7.47. The molecule has 0 aliphatic rings. The molecule has 2 aromatic rings. The number of carbonyl (C=O) groups is 2. The van der Waals surface area contributed by atoms with E-state index in [1.807, 2.05) is 13.8 Å². The Morgan fingerprint density at radius 1 is 1.04 bits per heavy atom. The minimum Gasteiger partial charge on any atom is -0.350 e. The molecule has 0 spiro atoms. The topological polar surface area (TPSA) is 58.2 Å². The maximum absolute atomic E-state index is 12.9. The van der Waals surface area contributed by atoms with Crippen molar-refractivity contribution in [2.24, 2.45) is 0 Å². The standard InChI is InChI=1S/C18H19FN2O2/c1-3-12(2)20-18(23)14-5-4-6-16(11-14)21-17(22)13-7-9-15(19)10-8-13/h4-12H,3H2,1-2H3,(H,20,23)(H,21,22). The average molecular weight is 314 g/mol. The van der Waals surface area contributed by atoms with Crippen LogP contribution >= 0.6 is 0 Å². The van der Waals surface area contributed by atoms with Crippen LogP contribution in [0.15, 0.2) is 48.5 Å². The summed E-state index contributed by atoms with van der Waals surface area (Å²) in [4.78, 5) is 24.2. The second-order valence-corrected chi connectivity index (χ2v) is 5.32. The first-order chi connectivity index (χ1) is 11.0. The van der Waals surface area contributed by atoms with Gasteiger partial charge in [-0.25, -0.2) is 4.39 Å². The molecule has 0 heterocycles. The fraction of sp³-hybridized carbons (Fsp3) is 0.222. The lowest BCUT2D eigenvalue weighted by molar-refractivity contribution is 0.0938. The highest BCUT2D eigenvalue weighted by Crippen LogP contribution is 2.13. The van der Waals surface area contributed by atoms with Crippen molar-refractivity contribution in [1.29, 1.82) is 0 Å². The minimum absolute atomic E-state index is 0.0833. The Labute approximate surface area is 134 Å². The summed E-state index contributed by atoms with van der Waals surface area (Å²) in [7, 11) is 0.